The van der Waals surface area contributed by atoms with Gasteiger partial charge in [0.25, 0.3) is 5.91 Å². The summed E-state index contributed by atoms with van der Waals surface area (Å²) in [6, 6.07) is 6.18. The molecule has 92 valence electrons. The minimum Gasteiger partial charge on any atom is -0.508 e. The molecule has 0 bridgehead atoms. The fraction of sp³-hybridized carbons (Fsp3) is 0.462. The molecule has 1 fully saturated rings. The quantitative estimate of drug-likeness (QED) is 0.720. The van der Waals surface area contributed by atoms with Gasteiger partial charge in [0, 0.05) is 18.7 Å². The Hall–Kier alpha value is -1.55. The van der Waals surface area contributed by atoms with Crippen molar-refractivity contribution in [3.05, 3.63) is 29.8 Å². The molecular weight excluding hydrogens is 218 g/mol. The maximum atomic E-state index is 11.8. The van der Waals surface area contributed by atoms with Crippen LogP contribution < -0.4 is 5.32 Å². The van der Waals surface area contributed by atoms with Crippen LogP contribution in [-0.4, -0.2) is 29.3 Å². The first kappa shape index (κ1) is 11.9. The van der Waals surface area contributed by atoms with Crippen LogP contribution in [0.2, 0.25) is 0 Å². The summed E-state index contributed by atoms with van der Waals surface area (Å²) in [5, 5.41) is 20.9. The molecule has 0 aliphatic heterocycles. The Kier molecular flexibility index (Phi) is 3.33. The van der Waals surface area contributed by atoms with Gasteiger partial charge in [-0.15, -0.1) is 0 Å². The Balaban J connectivity index is 1.87. The molecule has 1 aromatic carbocycles. The number of rotatable bonds is 5. The predicted octanol–water partition coefficient (Wildman–Crippen LogP) is 1.28. The van der Waals surface area contributed by atoms with Gasteiger partial charge in [0.05, 0.1) is 0 Å². The number of hydrogen-bond acceptors (Lipinski definition) is 3. The van der Waals surface area contributed by atoms with E-state index < -0.39 is 0 Å². The van der Waals surface area contributed by atoms with E-state index in [0.29, 0.717) is 12.1 Å². The third-order valence-electron chi connectivity index (χ3n) is 3.35. The van der Waals surface area contributed by atoms with E-state index in [-0.39, 0.29) is 23.7 Å². The average Bonchev–Trinajstić information content (AvgIpc) is 3.08. The molecule has 0 atom stereocenters. The first-order chi connectivity index (χ1) is 8.15. The summed E-state index contributed by atoms with van der Waals surface area (Å²) in [5.74, 6) is 0.0229. The average molecular weight is 235 g/mol. The molecule has 0 saturated heterocycles. The Morgan fingerprint density at radius 1 is 1.29 bits per heavy atom. The molecule has 3 N–H and O–H groups in total. The Morgan fingerprint density at radius 2 is 1.94 bits per heavy atom. The van der Waals surface area contributed by atoms with Gasteiger partial charge in [0.15, 0.2) is 0 Å². The number of carbonyl (C=O) groups excluding carboxylic acids is 1. The monoisotopic (exact) mass is 235 g/mol. The number of benzene rings is 1. The molecule has 4 heteroatoms. The molecule has 4 nitrogen and oxygen atoms in total. The van der Waals surface area contributed by atoms with Gasteiger partial charge < -0.3 is 15.5 Å². The molecule has 1 aliphatic rings. The van der Waals surface area contributed by atoms with E-state index in [9.17, 15) is 4.79 Å². The molecule has 0 heterocycles. The lowest BCUT2D eigenvalue weighted by atomic mass is 10.0. The van der Waals surface area contributed by atoms with Crippen LogP contribution in [0.25, 0.3) is 0 Å². The van der Waals surface area contributed by atoms with Gasteiger partial charge in [-0.3, -0.25) is 4.79 Å². The standard InChI is InChI=1S/C13H17NO3/c15-8-7-13(5-6-13)9-14-12(17)10-1-3-11(16)4-2-10/h1-4,15-16H,5-9H2,(H,14,17). The van der Waals surface area contributed by atoms with E-state index in [2.05, 4.69) is 5.32 Å². The van der Waals surface area contributed by atoms with Crippen LogP contribution in [0.5, 0.6) is 5.75 Å². The van der Waals surface area contributed by atoms with Gasteiger partial charge in [-0.2, -0.15) is 0 Å². The zero-order valence-electron chi connectivity index (χ0n) is 9.65. The maximum absolute atomic E-state index is 11.8. The fourth-order valence-corrected chi connectivity index (χ4v) is 1.91. The second kappa shape index (κ2) is 4.75. The second-order valence-electron chi connectivity index (χ2n) is 4.70. The molecule has 17 heavy (non-hydrogen) atoms. The van der Waals surface area contributed by atoms with Gasteiger partial charge in [-0.05, 0) is 48.9 Å². The molecule has 2 rings (SSSR count). The fourth-order valence-electron chi connectivity index (χ4n) is 1.91. The third kappa shape index (κ3) is 2.97. The number of nitrogens with one attached hydrogen (secondary N) is 1. The number of carbonyl (C=O) groups is 1. The highest BCUT2D eigenvalue weighted by Gasteiger charge is 2.41. The summed E-state index contributed by atoms with van der Waals surface area (Å²) >= 11 is 0. The lowest BCUT2D eigenvalue weighted by molar-refractivity contribution is 0.0941. The smallest absolute Gasteiger partial charge is 0.251 e. The Morgan fingerprint density at radius 3 is 2.47 bits per heavy atom. The van der Waals surface area contributed by atoms with Gasteiger partial charge in [-0.25, -0.2) is 0 Å². The summed E-state index contributed by atoms with van der Waals surface area (Å²) in [6.07, 6.45) is 2.90. The number of aliphatic hydroxyl groups excluding tert-OH is 1. The number of phenolic OH excluding ortho intramolecular Hbond substituents is 1. The largest absolute Gasteiger partial charge is 0.508 e. The summed E-state index contributed by atoms with van der Waals surface area (Å²) in [6.45, 7) is 0.794. The van der Waals surface area contributed by atoms with Crippen molar-refractivity contribution < 1.29 is 15.0 Å². The topological polar surface area (TPSA) is 69.6 Å². The molecule has 1 saturated carbocycles. The molecule has 0 radical (unpaired) electrons. The summed E-state index contributed by atoms with van der Waals surface area (Å²) < 4.78 is 0. The van der Waals surface area contributed by atoms with Crippen molar-refractivity contribution in [2.45, 2.75) is 19.3 Å². The molecular formula is C13H17NO3. The van der Waals surface area contributed by atoms with Crippen molar-refractivity contribution in [1.29, 1.82) is 0 Å². The Labute approximate surface area is 100 Å². The zero-order chi connectivity index (χ0) is 12.3. The predicted molar refractivity (Wildman–Crippen MR) is 63.8 cm³/mol. The molecule has 0 aromatic heterocycles. The van der Waals surface area contributed by atoms with Gasteiger partial charge in [0.2, 0.25) is 0 Å². The van der Waals surface area contributed by atoms with Crippen LogP contribution >= 0.6 is 0 Å². The number of hydrogen-bond donors (Lipinski definition) is 3. The summed E-state index contributed by atoms with van der Waals surface area (Å²) in [5.41, 5.74) is 0.670. The highest BCUT2D eigenvalue weighted by molar-refractivity contribution is 5.94. The summed E-state index contributed by atoms with van der Waals surface area (Å²) in [4.78, 5) is 11.8. The number of aromatic hydroxyl groups is 1. The third-order valence-corrected chi connectivity index (χ3v) is 3.35. The van der Waals surface area contributed by atoms with Gasteiger partial charge in [0.1, 0.15) is 5.75 Å². The minimum absolute atomic E-state index is 0.126. The zero-order valence-corrected chi connectivity index (χ0v) is 9.65. The maximum Gasteiger partial charge on any atom is 0.251 e. The van der Waals surface area contributed by atoms with E-state index in [1.165, 1.54) is 12.1 Å². The van der Waals surface area contributed by atoms with Crippen molar-refractivity contribution >= 4 is 5.91 Å². The van der Waals surface area contributed by atoms with E-state index in [1.807, 2.05) is 0 Å². The van der Waals surface area contributed by atoms with Gasteiger partial charge in [-0.1, -0.05) is 0 Å². The van der Waals surface area contributed by atoms with Crippen LogP contribution in [0.1, 0.15) is 29.6 Å². The van der Waals surface area contributed by atoms with Crippen LogP contribution in [0.15, 0.2) is 24.3 Å². The van der Waals surface area contributed by atoms with Crippen molar-refractivity contribution in [2.75, 3.05) is 13.2 Å². The van der Waals surface area contributed by atoms with Crippen molar-refractivity contribution in [3.63, 3.8) is 0 Å². The SMILES string of the molecule is O=C(NCC1(CCO)CC1)c1ccc(O)cc1. The van der Waals surface area contributed by atoms with Crippen LogP contribution in [0.3, 0.4) is 0 Å². The first-order valence-electron chi connectivity index (χ1n) is 5.83. The molecule has 0 unspecified atom stereocenters. The van der Waals surface area contributed by atoms with Crippen molar-refractivity contribution in [1.82, 2.24) is 5.32 Å². The highest BCUT2D eigenvalue weighted by Crippen LogP contribution is 2.47. The van der Waals surface area contributed by atoms with E-state index in [0.717, 1.165) is 19.3 Å². The number of amides is 1. The van der Waals surface area contributed by atoms with Crippen molar-refractivity contribution in [2.24, 2.45) is 5.41 Å². The molecule has 1 aliphatic carbocycles. The van der Waals surface area contributed by atoms with Gasteiger partial charge >= 0.3 is 0 Å². The lowest BCUT2D eigenvalue weighted by Gasteiger charge is -2.14. The Bertz CT molecular complexity index is 396. The molecule has 1 amide bonds. The van der Waals surface area contributed by atoms with E-state index >= 15 is 0 Å². The van der Waals surface area contributed by atoms with Crippen LogP contribution in [-0.2, 0) is 0 Å². The van der Waals surface area contributed by atoms with E-state index in [4.69, 9.17) is 10.2 Å². The minimum atomic E-state index is -0.130. The second-order valence-corrected chi connectivity index (χ2v) is 4.70. The molecule has 0 spiro atoms. The van der Waals surface area contributed by atoms with E-state index in [1.54, 1.807) is 12.1 Å². The van der Waals surface area contributed by atoms with Crippen LogP contribution in [0, 0.1) is 5.41 Å². The summed E-state index contributed by atoms with van der Waals surface area (Å²) in [7, 11) is 0. The van der Waals surface area contributed by atoms with Crippen LogP contribution in [0.4, 0.5) is 0 Å². The van der Waals surface area contributed by atoms with Crippen molar-refractivity contribution in [3.8, 4) is 5.75 Å². The normalized spacial score (nSPS) is 16.5. The highest BCUT2D eigenvalue weighted by atomic mass is 16.3. The number of phenols is 1. The first-order valence-corrected chi connectivity index (χ1v) is 5.83. The lowest BCUT2D eigenvalue weighted by Crippen LogP contribution is -2.30. The molecule has 1 aromatic rings. The number of aliphatic hydroxyl groups is 1.